The second kappa shape index (κ2) is 7.72. The number of rotatable bonds is 4. The number of aryl methyl sites for hydroxylation is 1. The minimum absolute atomic E-state index is 0.197. The van der Waals surface area contributed by atoms with E-state index in [-0.39, 0.29) is 22.0 Å². The van der Waals surface area contributed by atoms with Crippen molar-refractivity contribution in [3.05, 3.63) is 47.9 Å². The van der Waals surface area contributed by atoms with Gasteiger partial charge in [-0.25, -0.2) is 8.42 Å². The summed E-state index contributed by atoms with van der Waals surface area (Å²) in [6.07, 6.45) is 1.75. The van der Waals surface area contributed by atoms with Crippen LogP contribution in [-0.2, 0) is 10.0 Å². The molecule has 28 heavy (non-hydrogen) atoms. The Kier molecular flexibility index (Phi) is 5.68. The molecular weight excluding hydrogens is 376 g/mol. The van der Waals surface area contributed by atoms with Crippen molar-refractivity contribution in [3.63, 3.8) is 0 Å². The third-order valence-corrected chi connectivity index (χ3v) is 7.31. The zero-order valence-corrected chi connectivity index (χ0v) is 17.7. The summed E-state index contributed by atoms with van der Waals surface area (Å²) < 4.78 is 32.7. The van der Waals surface area contributed by atoms with Crippen molar-refractivity contribution in [2.24, 2.45) is 11.3 Å². The summed E-state index contributed by atoms with van der Waals surface area (Å²) in [5, 5.41) is 2.71. The van der Waals surface area contributed by atoms with Crippen LogP contribution in [0.1, 0.15) is 49.9 Å². The number of nitrogens with one attached hydrogen (secondary N) is 1. The number of benzene rings is 1. The van der Waals surface area contributed by atoms with Gasteiger partial charge in [-0.05, 0) is 67.5 Å². The highest BCUT2D eigenvalue weighted by Gasteiger charge is 2.33. The Labute approximate surface area is 167 Å². The van der Waals surface area contributed by atoms with E-state index in [4.69, 9.17) is 4.42 Å². The van der Waals surface area contributed by atoms with Crippen molar-refractivity contribution >= 4 is 21.6 Å². The van der Waals surface area contributed by atoms with Gasteiger partial charge in [-0.15, -0.1) is 0 Å². The molecule has 1 amide bonds. The number of carbonyl (C=O) groups is 1. The largest absolute Gasteiger partial charge is 0.456 e. The molecule has 1 fully saturated rings. The van der Waals surface area contributed by atoms with Crippen molar-refractivity contribution in [1.29, 1.82) is 0 Å². The first kappa shape index (κ1) is 20.6. The third kappa shape index (κ3) is 4.47. The highest BCUT2D eigenvalue weighted by molar-refractivity contribution is 7.89. The van der Waals surface area contributed by atoms with Crippen molar-refractivity contribution in [1.82, 2.24) is 4.31 Å². The van der Waals surface area contributed by atoms with E-state index in [2.05, 4.69) is 26.1 Å². The van der Waals surface area contributed by atoms with Gasteiger partial charge < -0.3 is 9.73 Å². The molecule has 0 spiro atoms. The highest BCUT2D eigenvalue weighted by atomic mass is 32.2. The summed E-state index contributed by atoms with van der Waals surface area (Å²) in [4.78, 5) is 12.4. The fourth-order valence-electron chi connectivity index (χ4n) is 3.57. The molecule has 1 aromatic carbocycles. The number of anilines is 1. The lowest BCUT2D eigenvalue weighted by atomic mass is 9.76. The fraction of sp³-hybridized carbons (Fsp3) is 0.476. The standard InChI is InChI=1S/C21H28N2O4S/c1-15-5-10-19(27-15)20(24)22-17-6-8-18(9-7-17)28(25,26)23-13-11-16(12-14-23)21(2,3)4/h5-10,16H,11-14H2,1-4H3,(H,22,24). The summed E-state index contributed by atoms with van der Waals surface area (Å²) in [6, 6.07) is 9.59. The number of sulfonamides is 1. The monoisotopic (exact) mass is 404 g/mol. The number of carbonyl (C=O) groups excluding carboxylic acids is 1. The molecule has 0 bridgehead atoms. The summed E-state index contributed by atoms with van der Waals surface area (Å²) >= 11 is 0. The first-order chi connectivity index (χ1) is 13.1. The lowest BCUT2D eigenvalue weighted by Gasteiger charge is -2.38. The van der Waals surface area contributed by atoms with Crippen LogP contribution in [0.4, 0.5) is 5.69 Å². The van der Waals surface area contributed by atoms with Crippen LogP contribution in [0.5, 0.6) is 0 Å². The summed E-state index contributed by atoms with van der Waals surface area (Å²) in [5.74, 6) is 1.03. The maximum atomic E-state index is 12.9. The molecule has 3 rings (SSSR count). The summed E-state index contributed by atoms with van der Waals surface area (Å²) in [5.41, 5.74) is 0.715. The van der Waals surface area contributed by atoms with E-state index in [1.807, 2.05) is 0 Å². The van der Waals surface area contributed by atoms with E-state index in [0.29, 0.717) is 30.5 Å². The molecule has 0 aliphatic carbocycles. The minimum Gasteiger partial charge on any atom is -0.456 e. The Morgan fingerprint density at radius 2 is 1.68 bits per heavy atom. The van der Waals surface area contributed by atoms with Gasteiger partial charge in [0.1, 0.15) is 5.76 Å². The molecule has 1 N–H and O–H groups in total. The third-order valence-electron chi connectivity index (χ3n) is 5.39. The van der Waals surface area contributed by atoms with Gasteiger partial charge >= 0.3 is 0 Å². The van der Waals surface area contributed by atoms with Crippen LogP contribution in [0.3, 0.4) is 0 Å². The normalized spacial score (nSPS) is 16.9. The molecule has 1 aliphatic heterocycles. The van der Waals surface area contributed by atoms with Crippen LogP contribution in [0.15, 0.2) is 45.7 Å². The number of amides is 1. The Morgan fingerprint density at radius 3 is 2.18 bits per heavy atom. The van der Waals surface area contributed by atoms with E-state index in [9.17, 15) is 13.2 Å². The molecule has 152 valence electrons. The molecule has 0 radical (unpaired) electrons. The van der Waals surface area contributed by atoms with Gasteiger partial charge in [0.05, 0.1) is 4.90 Å². The Morgan fingerprint density at radius 1 is 1.07 bits per heavy atom. The summed E-state index contributed by atoms with van der Waals surface area (Å²) in [6.45, 7) is 9.47. The van der Waals surface area contributed by atoms with Crippen LogP contribution in [0.2, 0.25) is 0 Å². The average molecular weight is 405 g/mol. The molecule has 6 nitrogen and oxygen atoms in total. The quantitative estimate of drug-likeness (QED) is 0.824. The maximum Gasteiger partial charge on any atom is 0.291 e. The van der Waals surface area contributed by atoms with E-state index >= 15 is 0 Å². The molecule has 2 aromatic rings. The number of hydrogen-bond donors (Lipinski definition) is 1. The number of piperidine rings is 1. The Bertz CT molecular complexity index is 932. The second-order valence-corrected chi connectivity index (χ2v) is 10.4. The van der Waals surface area contributed by atoms with E-state index in [0.717, 1.165) is 12.8 Å². The van der Waals surface area contributed by atoms with Crippen molar-refractivity contribution < 1.29 is 17.6 Å². The number of hydrogen-bond acceptors (Lipinski definition) is 4. The molecular formula is C21H28N2O4S. The molecule has 2 heterocycles. The molecule has 0 unspecified atom stereocenters. The predicted molar refractivity (Wildman–Crippen MR) is 109 cm³/mol. The molecule has 1 saturated heterocycles. The van der Waals surface area contributed by atoms with Gasteiger partial charge in [-0.2, -0.15) is 4.31 Å². The lowest BCUT2D eigenvalue weighted by molar-refractivity contribution is 0.0995. The van der Waals surface area contributed by atoms with Gasteiger partial charge in [0, 0.05) is 18.8 Å². The predicted octanol–water partition coefficient (Wildman–Crippen LogP) is 4.29. The molecule has 7 heteroatoms. The molecule has 1 aromatic heterocycles. The SMILES string of the molecule is Cc1ccc(C(=O)Nc2ccc(S(=O)(=O)N3CCC(C(C)(C)C)CC3)cc2)o1. The van der Waals surface area contributed by atoms with Crippen LogP contribution in [0, 0.1) is 18.3 Å². The molecule has 0 saturated carbocycles. The van der Waals surface area contributed by atoms with Crippen LogP contribution >= 0.6 is 0 Å². The van der Waals surface area contributed by atoms with Gasteiger partial charge in [-0.3, -0.25) is 4.79 Å². The maximum absolute atomic E-state index is 12.9. The van der Waals surface area contributed by atoms with Gasteiger partial charge in [0.2, 0.25) is 10.0 Å². The molecule has 0 atom stereocenters. The van der Waals surface area contributed by atoms with Crippen LogP contribution < -0.4 is 5.32 Å². The number of nitrogens with zero attached hydrogens (tertiary/aromatic N) is 1. The topological polar surface area (TPSA) is 79.6 Å². The average Bonchev–Trinajstić information content (AvgIpc) is 3.08. The van der Waals surface area contributed by atoms with Crippen molar-refractivity contribution in [2.75, 3.05) is 18.4 Å². The van der Waals surface area contributed by atoms with E-state index in [1.165, 1.54) is 12.1 Å². The van der Waals surface area contributed by atoms with Gasteiger partial charge in [-0.1, -0.05) is 20.8 Å². The van der Waals surface area contributed by atoms with Crippen LogP contribution in [0.25, 0.3) is 0 Å². The van der Waals surface area contributed by atoms with Crippen molar-refractivity contribution in [2.45, 2.75) is 45.4 Å². The molecule has 1 aliphatic rings. The first-order valence-corrected chi connectivity index (χ1v) is 11.0. The summed E-state index contributed by atoms with van der Waals surface area (Å²) in [7, 11) is -3.52. The fourth-order valence-corrected chi connectivity index (χ4v) is 5.04. The van der Waals surface area contributed by atoms with Gasteiger partial charge in [0.15, 0.2) is 5.76 Å². The number of furan rings is 1. The smallest absolute Gasteiger partial charge is 0.291 e. The van der Waals surface area contributed by atoms with E-state index in [1.54, 1.807) is 35.5 Å². The zero-order chi connectivity index (χ0) is 20.5. The van der Waals surface area contributed by atoms with Crippen LogP contribution in [-0.4, -0.2) is 31.7 Å². The Balaban J connectivity index is 1.66. The van der Waals surface area contributed by atoms with E-state index < -0.39 is 10.0 Å². The van der Waals surface area contributed by atoms with Gasteiger partial charge in [0.25, 0.3) is 5.91 Å². The first-order valence-electron chi connectivity index (χ1n) is 9.55. The Hall–Kier alpha value is -2.12. The van der Waals surface area contributed by atoms with Crippen molar-refractivity contribution in [3.8, 4) is 0 Å². The lowest BCUT2D eigenvalue weighted by Crippen LogP contribution is -2.41. The zero-order valence-electron chi connectivity index (χ0n) is 16.9. The highest BCUT2D eigenvalue weighted by Crippen LogP contribution is 2.35. The minimum atomic E-state index is -3.52. The second-order valence-electron chi connectivity index (χ2n) is 8.43.